The number of rotatable bonds is 8. The van der Waals surface area contributed by atoms with E-state index >= 15 is 0 Å². The Kier molecular flexibility index (Phi) is 7.59. The number of hydrogen-bond donors (Lipinski definition) is 1. The molecular formula is C19H19F2NO3S. The number of benzene rings is 2. The zero-order chi connectivity index (χ0) is 18.9. The first-order valence-corrected chi connectivity index (χ1v) is 9.03. The fourth-order valence-corrected chi connectivity index (χ4v) is 2.83. The van der Waals surface area contributed by atoms with Gasteiger partial charge >= 0.3 is 5.97 Å². The molecule has 4 nitrogen and oxygen atoms in total. The summed E-state index contributed by atoms with van der Waals surface area (Å²) in [6, 6.07) is 12.1. The molecule has 0 radical (unpaired) electrons. The van der Waals surface area contributed by atoms with Crippen molar-refractivity contribution in [1.82, 2.24) is 5.32 Å². The van der Waals surface area contributed by atoms with Crippen LogP contribution in [-0.2, 0) is 20.7 Å². The van der Waals surface area contributed by atoms with Crippen LogP contribution in [0.1, 0.15) is 12.5 Å². The molecule has 0 heterocycles. The second kappa shape index (κ2) is 9.91. The van der Waals surface area contributed by atoms with Crippen molar-refractivity contribution in [2.75, 3.05) is 12.3 Å². The van der Waals surface area contributed by atoms with Gasteiger partial charge in [0, 0.05) is 11.4 Å². The Labute approximate surface area is 154 Å². The monoisotopic (exact) mass is 379 g/mol. The molecule has 0 bridgehead atoms. The molecule has 0 unspecified atom stereocenters. The maximum Gasteiger partial charge on any atom is 0.317 e. The minimum Gasteiger partial charge on any atom is -0.452 e. The highest BCUT2D eigenvalue weighted by Crippen LogP contribution is 2.21. The fourth-order valence-electron chi connectivity index (χ4n) is 2.11. The van der Waals surface area contributed by atoms with Crippen LogP contribution < -0.4 is 5.32 Å². The third-order valence-electron chi connectivity index (χ3n) is 3.49. The summed E-state index contributed by atoms with van der Waals surface area (Å²) in [7, 11) is 0. The summed E-state index contributed by atoms with van der Waals surface area (Å²) < 4.78 is 31.3. The van der Waals surface area contributed by atoms with E-state index < -0.39 is 23.8 Å². The Bertz CT molecular complexity index is 753. The summed E-state index contributed by atoms with van der Waals surface area (Å²) in [6.45, 7) is 1.81. The molecule has 0 aliphatic rings. The van der Waals surface area contributed by atoms with Crippen LogP contribution in [0, 0.1) is 11.6 Å². The van der Waals surface area contributed by atoms with Gasteiger partial charge in [-0.25, -0.2) is 8.78 Å². The first-order valence-electron chi connectivity index (χ1n) is 8.04. The lowest BCUT2D eigenvalue weighted by Crippen LogP contribution is -2.37. The van der Waals surface area contributed by atoms with Gasteiger partial charge in [-0.3, -0.25) is 9.59 Å². The van der Waals surface area contributed by atoms with E-state index in [9.17, 15) is 18.4 Å². The van der Waals surface area contributed by atoms with Crippen LogP contribution in [0.15, 0.2) is 53.4 Å². The molecule has 7 heteroatoms. The topological polar surface area (TPSA) is 55.4 Å². The van der Waals surface area contributed by atoms with Crippen molar-refractivity contribution in [2.45, 2.75) is 24.3 Å². The van der Waals surface area contributed by atoms with E-state index in [-0.39, 0.29) is 11.6 Å². The molecule has 1 amide bonds. The number of amides is 1. The van der Waals surface area contributed by atoms with Crippen molar-refractivity contribution in [2.24, 2.45) is 0 Å². The molecule has 0 aromatic heterocycles. The summed E-state index contributed by atoms with van der Waals surface area (Å²) in [4.78, 5) is 24.1. The lowest BCUT2D eigenvalue weighted by atomic mass is 10.1. The molecule has 2 aromatic carbocycles. The van der Waals surface area contributed by atoms with Gasteiger partial charge in [-0.15, -0.1) is 11.8 Å². The van der Waals surface area contributed by atoms with Crippen molar-refractivity contribution < 1.29 is 23.1 Å². The zero-order valence-electron chi connectivity index (χ0n) is 14.2. The normalized spacial score (nSPS) is 11.7. The summed E-state index contributed by atoms with van der Waals surface area (Å²) in [6.07, 6.45) is -0.410. The van der Waals surface area contributed by atoms with E-state index in [0.717, 1.165) is 17.3 Å². The lowest BCUT2D eigenvalue weighted by molar-refractivity contribution is -0.152. The van der Waals surface area contributed by atoms with Crippen LogP contribution in [-0.4, -0.2) is 30.3 Å². The zero-order valence-corrected chi connectivity index (χ0v) is 15.0. The third kappa shape index (κ3) is 6.48. The molecule has 1 N–H and O–H groups in total. The van der Waals surface area contributed by atoms with Gasteiger partial charge in [0.25, 0.3) is 5.91 Å². The maximum absolute atomic E-state index is 13.5. The highest BCUT2D eigenvalue weighted by atomic mass is 32.2. The SMILES string of the molecule is C[C@@H](OC(=O)CSc1ccccc1F)C(=O)NCCc1ccc(F)cc1. The summed E-state index contributed by atoms with van der Waals surface area (Å²) in [5, 5.41) is 2.66. The van der Waals surface area contributed by atoms with E-state index in [2.05, 4.69) is 5.32 Å². The van der Waals surface area contributed by atoms with Gasteiger partial charge in [-0.05, 0) is 43.2 Å². The molecule has 0 saturated heterocycles. The molecule has 1 atom stereocenters. The number of carbonyl (C=O) groups excluding carboxylic acids is 2. The molecule has 0 aliphatic heterocycles. The predicted molar refractivity (Wildman–Crippen MR) is 95.8 cm³/mol. The van der Waals surface area contributed by atoms with Gasteiger partial charge in [0.2, 0.25) is 0 Å². The molecule has 2 aromatic rings. The largest absolute Gasteiger partial charge is 0.452 e. The van der Waals surface area contributed by atoms with Crippen LogP contribution >= 0.6 is 11.8 Å². The Hall–Kier alpha value is -2.41. The van der Waals surface area contributed by atoms with Gasteiger partial charge < -0.3 is 10.1 Å². The smallest absolute Gasteiger partial charge is 0.317 e. The molecule has 26 heavy (non-hydrogen) atoms. The van der Waals surface area contributed by atoms with Crippen molar-refractivity contribution in [3.8, 4) is 0 Å². The number of thioether (sulfide) groups is 1. The molecule has 2 rings (SSSR count). The lowest BCUT2D eigenvalue weighted by Gasteiger charge is -2.13. The summed E-state index contributed by atoms with van der Waals surface area (Å²) in [5.41, 5.74) is 0.887. The van der Waals surface area contributed by atoms with E-state index in [4.69, 9.17) is 4.74 Å². The van der Waals surface area contributed by atoms with Crippen molar-refractivity contribution >= 4 is 23.6 Å². The Morgan fingerprint density at radius 2 is 1.81 bits per heavy atom. The van der Waals surface area contributed by atoms with Crippen LogP contribution in [0.2, 0.25) is 0 Å². The fraction of sp³-hybridized carbons (Fsp3) is 0.263. The Morgan fingerprint density at radius 1 is 1.12 bits per heavy atom. The highest BCUT2D eigenvalue weighted by molar-refractivity contribution is 8.00. The maximum atomic E-state index is 13.5. The summed E-state index contributed by atoms with van der Waals surface area (Å²) >= 11 is 1.01. The minimum absolute atomic E-state index is 0.0892. The van der Waals surface area contributed by atoms with Crippen LogP contribution in [0.3, 0.4) is 0 Å². The average molecular weight is 379 g/mol. The van der Waals surface area contributed by atoms with Gasteiger partial charge in [0.05, 0.1) is 5.75 Å². The number of esters is 1. The summed E-state index contributed by atoms with van der Waals surface area (Å²) in [5.74, 6) is -1.83. The molecule has 0 fully saturated rings. The second-order valence-electron chi connectivity index (χ2n) is 5.52. The van der Waals surface area contributed by atoms with Crippen molar-refractivity contribution in [3.05, 3.63) is 65.7 Å². The average Bonchev–Trinajstić information content (AvgIpc) is 2.62. The van der Waals surface area contributed by atoms with E-state index in [1.165, 1.54) is 25.1 Å². The molecule has 0 saturated carbocycles. The number of halogens is 2. The predicted octanol–water partition coefficient (Wildman–Crippen LogP) is 3.35. The molecule has 138 valence electrons. The Balaban J connectivity index is 1.69. The third-order valence-corrected chi connectivity index (χ3v) is 4.51. The van der Waals surface area contributed by atoms with Gasteiger partial charge in [0.15, 0.2) is 6.10 Å². The highest BCUT2D eigenvalue weighted by Gasteiger charge is 2.17. The number of ether oxygens (including phenoxy) is 1. The first-order chi connectivity index (χ1) is 12.5. The number of carbonyl (C=O) groups is 2. The second-order valence-corrected chi connectivity index (χ2v) is 6.54. The van der Waals surface area contributed by atoms with Crippen molar-refractivity contribution in [3.63, 3.8) is 0 Å². The number of nitrogens with one attached hydrogen (secondary N) is 1. The standard InChI is InChI=1S/C19H19F2NO3S/c1-13(19(24)22-11-10-14-6-8-15(20)9-7-14)25-18(23)12-26-17-5-3-2-4-16(17)21/h2-9,13H,10-12H2,1H3,(H,22,24)/t13-/m1/s1. The molecular weight excluding hydrogens is 360 g/mol. The van der Waals surface area contributed by atoms with Gasteiger partial charge in [-0.2, -0.15) is 0 Å². The number of hydrogen-bond acceptors (Lipinski definition) is 4. The van der Waals surface area contributed by atoms with Gasteiger partial charge in [0.1, 0.15) is 11.6 Å². The van der Waals surface area contributed by atoms with Crippen LogP contribution in [0.4, 0.5) is 8.78 Å². The molecule has 0 spiro atoms. The van der Waals surface area contributed by atoms with Gasteiger partial charge in [-0.1, -0.05) is 24.3 Å². The van der Waals surface area contributed by atoms with Crippen molar-refractivity contribution in [1.29, 1.82) is 0 Å². The van der Waals surface area contributed by atoms with E-state index in [0.29, 0.717) is 17.9 Å². The Morgan fingerprint density at radius 3 is 2.50 bits per heavy atom. The van der Waals surface area contributed by atoms with Crippen LogP contribution in [0.25, 0.3) is 0 Å². The van der Waals surface area contributed by atoms with E-state index in [1.807, 2.05) is 0 Å². The quantitative estimate of drug-likeness (QED) is 0.565. The van der Waals surface area contributed by atoms with E-state index in [1.54, 1.807) is 30.3 Å². The minimum atomic E-state index is -0.947. The first kappa shape index (κ1) is 19.9. The van der Waals surface area contributed by atoms with Crippen LogP contribution in [0.5, 0.6) is 0 Å². The molecule has 0 aliphatic carbocycles.